The third-order valence-electron chi connectivity index (χ3n) is 3.33. The highest BCUT2D eigenvalue weighted by atomic mass is 16.5. The molecule has 0 atom stereocenters. The molecule has 0 fully saturated rings. The van der Waals surface area contributed by atoms with E-state index in [9.17, 15) is 4.79 Å². The molecule has 0 spiro atoms. The Hall–Kier alpha value is -2.36. The van der Waals surface area contributed by atoms with Crippen molar-refractivity contribution in [3.63, 3.8) is 0 Å². The normalized spacial score (nSPS) is 13.5. The fourth-order valence-corrected chi connectivity index (χ4v) is 2.26. The molecule has 20 heavy (non-hydrogen) atoms. The number of nitrogens with one attached hydrogen (secondary N) is 1. The lowest BCUT2D eigenvalue weighted by molar-refractivity contribution is -0.116. The Bertz CT molecular complexity index is 611. The average Bonchev–Trinajstić information content (AvgIpc) is 2.48. The number of aryl methyl sites for hydroxylation is 1. The largest absolute Gasteiger partial charge is 0.493 e. The molecule has 2 aromatic rings. The van der Waals surface area contributed by atoms with Crippen LogP contribution < -0.4 is 10.1 Å². The lowest BCUT2D eigenvalue weighted by Gasteiger charge is -2.17. The molecule has 4 heteroatoms. The van der Waals surface area contributed by atoms with Gasteiger partial charge in [0.2, 0.25) is 5.91 Å². The van der Waals surface area contributed by atoms with E-state index in [4.69, 9.17) is 4.74 Å². The molecule has 0 saturated carbocycles. The Morgan fingerprint density at radius 2 is 2.15 bits per heavy atom. The second-order valence-electron chi connectivity index (χ2n) is 4.79. The first-order valence-corrected chi connectivity index (χ1v) is 6.77. The molecule has 1 aliphatic rings. The Morgan fingerprint density at radius 3 is 3.00 bits per heavy atom. The third-order valence-corrected chi connectivity index (χ3v) is 3.33. The number of amides is 1. The molecule has 0 unspecified atom stereocenters. The minimum atomic E-state index is 0.0723. The van der Waals surface area contributed by atoms with Crippen LogP contribution in [0.2, 0.25) is 0 Å². The van der Waals surface area contributed by atoms with Crippen LogP contribution in [0.5, 0.6) is 5.75 Å². The van der Waals surface area contributed by atoms with Gasteiger partial charge in [0.1, 0.15) is 5.75 Å². The molecule has 1 aromatic carbocycles. The Kier molecular flexibility index (Phi) is 3.63. The number of pyridine rings is 1. The van der Waals surface area contributed by atoms with Crippen molar-refractivity contribution < 1.29 is 9.53 Å². The monoisotopic (exact) mass is 268 g/mol. The van der Waals surface area contributed by atoms with E-state index in [2.05, 4.69) is 10.3 Å². The van der Waals surface area contributed by atoms with E-state index < -0.39 is 0 Å². The highest BCUT2D eigenvalue weighted by Crippen LogP contribution is 2.27. The molecular weight excluding hydrogens is 252 g/mol. The topological polar surface area (TPSA) is 51.2 Å². The summed E-state index contributed by atoms with van der Waals surface area (Å²) in [7, 11) is 0. The zero-order chi connectivity index (χ0) is 13.8. The van der Waals surface area contributed by atoms with Gasteiger partial charge in [-0.25, -0.2) is 0 Å². The number of anilines is 1. The van der Waals surface area contributed by atoms with Crippen LogP contribution in [0.3, 0.4) is 0 Å². The van der Waals surface area contributed by atoms with E-state index in [1.807, 2.05) is 36.4 Å². The standard InChI is InChI=1S/C16H16N2O2/c19-16-7-5-12-4-6-14(11-15(12)18-16)20-10-8-13-3-1-2-9-17-13/h1-4,6,9,11H,5,7-8,10H2,(H,18,19). The Balaban J connectivity index is 1.61. The van der Waals surface area contributed by atoms with Crippen LogP contribution in [0.25, 0.3) is 0 Å². The van der Waals surface area contributed by atoms with Crippen molar-refractivity contribution in [1.29, 1.82) is 0 Å². The molecule has 0 saturated heterocycles. The summed E-state index contributed by atoms with van der Waals surface area (Å²) in [6.45, 7) is 0.573. The van der Waals surface area contributed by atoms with Gasteiger partial charge in [-0.2, -0.15) is 0 Å². The second-order valence-corrected chi connectivity index (χ2v) is 4.79. The first-order valence-electron chi connectivity index (χ1n) is 6.77. The highest BCUT2D eigenvalue weighted by molar-refractivity contribution is 5.94. The SMILES string of the molecule is O=C1CCc2ccc(OCCc3ccccn3)cc2N1. The van der Waals surface area contributed by atoms with Crippen molar-refractivity contribution in [3.05, 3.63) is 53.9 Å². The summed E-state index contributed by atoms with van der Waals surface area (Å²) < 4.78 is 5.72. The Labute approximate surface area is 117 Å². The zero-order valence-corrected chi connectivity index (χ0v) is 11.1. The summed E-state index contributed by atoms with van der Waals surface area (Å²) in [5.74, 6) is 0.852. The molecule has 0 aliphatic carbocycles. The molecule has 1 N–H and O–H groups in total. The average molecular weight is 268 g/mol. The number of aromatic nitrogens is 1. The number of ether oxygens (including phenoxy) is 1. The van der Waals surface area contributed by atoms with E-state index in [1.54, 1.807) is 6.20 Å². The number of carbonyl (C=O) groups excluding carboxylic acids is 1. The van der Waals surface area contributed by atoms with E-state index in [1.165, 1.54) is 5.56 Å². The van der Waals surface area contributed by atoms with Gasteiger partial charge in [0.05, 0.1) is 6.61 Å². The quantitative estimate of drug-likeness (QED) is 0.927. The maximum absolute atomic E-state index is 11.4. The van der Waals surface area contributed by atoms with Crippen LogP contribution in [0.4, 0.5) is 5.69 Å². The van der Waals surface area contributed by atoms with E-state index in [-0.39, 0.29) is 5.91 Å². The van der Waals surface area contributed by atoms with Gasteiger partial charge >= 0.3 is 0 Å². The van der Waals surface area contributed by atoms with Gasteiger partial charge in [0.25, 0.3) is 0 Å². The van der Waals surface area contributed by atoms with Crippen LogP contribution >= 0.6 is 0 Å². The molecule has 0 bridgehead atoms. The van der Waals surface area contributed by atoms with Crippen molar-refractivity contribution in [2.45, 2.75) is 19.3 Å². The van der Waals surface area contributed by atoms with Gasteiger partial charge < -0.3 is 10.1 Å². The van der Waals surface area contributed by atoms with E-state index in [0.717, 1.165) is 30.0 Å². The molecule has 4 nitrogen and oxygen atoms in total. The molecular formula is C16H16N2O2. The Morgan fingerprint density at radius 1 is 1.20 bits per heavy atom. The van der Waals surface area contributed by atoms with Crippen molar-refractivity contribution in [3.8, 4) is 5.75 Å². The smallest absolute Gasteiger partial charge is 0.224 e. The number of benzene rings is 1. The maximum Gasteiger partial charge on any atom is 0.224 e. The molecule has 1 aliphatic heterocycles. The highest BCUT2D eigenvalue weighted by Gasteiger charge is 2.14. The second kappa shape index (κ2) is 5.74. The van der Waals surface area contributed by atoms with Crippen molar-refractivity contribution in [2.24, 2.45) is 0 Å². The molecule has 3 rings (SSSR count). The van der Waals surface area contributed by atoms with Gasteiger partial charge in [-0.1, -0.05) is 12.1 Å². The fraction of sp³-hybridized carbons (Fsp3) is 0.250. The molecule has 1 amide bonds. The van der Waals surface area contributed by atoms with Crippen LogP contribution in [0.1, 0.15) is 17.7 Å². The van der Waals surface area contributed by atoms with Crippen LogP contribution in [0, 0.1) is 0 Å². The van der Waals surface area contributed by atoms with Crippen molar-refractivity contribution in [1.82, 2.24) is 4.98 Å². The number of hydrogen-bond acceptors (Lipinski definition) is 3. The first-order chi connectivity index (χ1) is 9.81. The number of carbonyl (C=O) groups is 1. The van der Waals surface area contributed by atoms with Gasteiger partial charge in [-0.3, -0.25) is 9.78 Å². The minimum absolute atomic E-state index is 0.0723. The van der Waals surface area contributed by atoms with E-state index >= 15 is 0 Å². The third kappa shape index (κ3) is 2.96. The van der Waals surface area contributed by atoms with Gasteiger partial charge in [0.15, 0.2) is 0 Å². The summed E-state index contributed by atoms with van der Waals surface area (Å²) in [4.78, 5) is 15.6. The van der Waals surface area contributed by atoms with Crippen LogP contribution in [-0.2, 0) is 17.6 Å². The van der Waals surface area contributed by atoms with Gasteiger partial charge in [0, 0.05) is 36.5 Å². The summed E-state index contributed by atoms with van der Waals surface area (Å²) in [6, 6.07) is 11.7. The number of fused-ring (bicyclic) bond motifs is 1. The van der Waals surface area contributed by atoms with Crippen molar-refractivity contribution in [2.75, 3.05) is 11.9 Å². The molecule has 0 radical (unpaired) electrons. The first kappa shape index (κ1) is 12.7. The minimum Gasteiger partial charge on any atom is -0.493 e. The van der Waals surface area contributed by atoms with E-state index in [0.29, 0.717) is 13.0 Å². The van der Waals surface area contributed by atoms with Crippen LogP contribution in [-0.4, -0.2) is 17.5 Å². The lowest BCUT2D eigenvalue weighted by Crippen LogP contribution is -2.18. The van der Waals surface area contributed by atoms with Gasteiger partial charge in [-0.15, -0.1) is 0 Å². The fourth-order valence-electron chi connectivity index (χ4n) is 2.26. The number of rotatable bonds is 4. The summed E-state index contributed by atoms with van der Waals surface area (Å²) >= 11 is 0. The molecule has 2 heterocycles. The van der Waals surface area contributed by atoms with Gasteiger partial charge in [-0.05, 0) is 30.2 Å². The summed E-state index contributed by atoms with van der Waals surface area (Å²) in [5, 5.41) is 2.88. The zero-order valence-electron chi connectivity index (χ0n) is 11.1. The summed E-state index contributed by atoms with van der Waals surface area (Å²) in [6.07, 6.45) is 3.91. The van der Waals surface area contributed by atoms with Crippen molar-refractivity contribution >= 4 is 11.6 Å². The molecule has 102 valence electrons. The van der Waals surface area contributed by atoms with Crippen LogP contribution in [0.15, 0.2) is 42.6 Å². The maximum atomic E-state index is 11.4. The number of nitrogens with zero attached hydrogens (tertiary/aromatic N) is 1. The predicted molar refractivity (Wildman–Crippen MR) is 76.8 cm³/mol. The predicted octanol–water partition coefficient (Wildman–Crippen LogP) is 2.59. The lowest BCUT2D eigenvalue weighted by atomic mass is 10.0. The number of hydrogen-bond donors (Lipinski definition) is 1. The molecule has 1 aromatic heterocycles. The summed E-state index contributed by atoms with van der Waals surface area (Å²) in [5.41, 5.74) is 3.05.